The van der Waals surface area contributed by atoms with Crippen molar-refractivity contribution in [2.45, 2.75) is 50.9 Å². The lowest BCUT2D eigenvalue weighted by molar-refractivity contribution is 0.299. The number of hydrogen-bond acceptors (Lipinski definition) is 3. The Labute approximate surface area is 159 Å². The van der Waals surface area contributed by atoms with Crippen LogP contribution >= 0.6 is 12.2 Å². The van der Waals surface area contributed by atoms with Gasteiger partial charge in [-0.3, -0.25) is 0 Å². The molecule has 0 unspecified atom stereocenters. The highest BCUT2D eigenvalue weighted by Crippen LogP contribution is 2.43. The number of thiocarbonyl (C=S) groups is 1. The topological polar surface area (TPSA) is 25.2 Å². The summed E-state index contributed by atoms with van der Waals surface area (Å²) in [4.78, 5) is 7.84. The van der Waals surface area contributed by atoms with E-state index in [4.69, 9.17) is 0 Å². The molecule has 0 radical (unpaired) electrons. The molecule has 0 aliphatic heterocycles. The molecule has 0 spiro atoms. The van der Waals surface area contributed by atoms with Crippen molar-refractivity contribution in [2.75, 3.05) is 0 Å². The molecule has 2 fully saturated rings. The number of hydrogen-bond donors (Lipinski definition) is 0. The van der Waals surface area contributed by atoms with Crippen LogP contribution in [-0.4, -0.2) is 10.1 Å². The highest BCUT2D eigenvalue weighted by atomic mass is 32.1. The van der Waals surface area contributed by atoms with Crippen LogP contribution in [0.1, 0.15) is 56.4 Å². The third-order valence-electron chi connectivity index (χ3n) is 5.90. The molecule has 2 aliphatic rings. The summed E-state index contributed by atoms with van der Waals surface area (Å²) in [5.74, 6) is 2.56. The molecule has 4 rings (SSSR count). The maximum absolute atomic E-state index is 14.3. The van der Waals surface area contributed by atoms with Gasteiger partial charge >= 0.3 is 0 Å². The zero-order chi connectivity index (χ0) is 17.9. The van der Waals surface area contributed by atoms with Crippen molar-refractivity contribution in [3.8, 4) is 11.1 Å². The average molecular weight is 367 g/mol. The number of aromatic nitrogens is 1. The summed E-state index contributed by atoms with van der Waals surface area (Å²) in [6.07, 6.45) is 11.2. The van der Waals surface area contributed by atoms with E-state index >= 15 is 0 Å². The molecule has 0 atom stereocenters. The molecule has 134 valence electrons. The van der Waals surface area contributed by atoms with E-state index in [9.17, 15) is 4.39 Å². The fourth-order valence-corrected chi connectivity index (χ4v) is 4.33. The maximum Gasteiger partial charge on any atom is 0.165 e. The lowest BCUT2D eigenvalue weighted by atomic mass is 9.77. The van der Waals surface area contributed by atoms with Crippen LogP contribution in [0.2, 0.25) is 0 Å². The van der Waals surface area contributed by atoms with Gasteiger partial charge in [-0.05, 0) is 73.2 Å². The zero-order valence-corrected chi connectivity index (χ0v) is 15.6. The second-order valence-electron chi connectivity index (χ2n) is 7.74. The predicted octanol–water partition coefficient (Wildman–Crippen LogP) is 6.70. The fraction of sp³-hybridized carbons (Fsp3) is 0.455. The molecule has 0 amide bonds. The summed E-state index contributed by atoms with van der Waals surface area (Å²) in [5.41, 5.74) is 2.72. The van der Waals surface area contributed by atoms with Gasteiger partial charge in [0.1, 0.15) is 5.82 Å². The van der Waals surface area contributed by atoms with Gasteiger partial charge in [0.15, 0.2) is 5.82 Å². The summed E-state index contributed by atoms with van der Waals surface area (Å²) in [5, 5.41) is 2.21. The molecule has 1 aromatic heterocycles. The van der Waals surface area contributed by atoms with Crippen LogP contribution in [0.25, 0.3) is 11.1 Å². The molecule has 2 nitrogen and oxygen atoms in total. The van der Waals surface area contributed by atoms with E-state index in [1.54, 1.807) is 0 Å². The first-order valence-electron chi connectivity index (χ1n) is 9.56. The van der Waals surface area contributed by atoms with Gasteiger partial charge in [0.2, 0.25) is 0 Å². The number of pyridine rings is 1. The van der Waals surface area contributed by atoms with E-state index in [1.807, 2.05) is 12.1 Å². The summed E-state index contributed by atoms with van der Waals surface area (Å²) in [6.45, 7) is 0. The third-order valence-corrected chi connectivity index (χ3v) is 5.99. The average Bonchev–Trinajstić information content (AvgIpc) is 3.47. The Kier molecular flexibility index (Phi) is 5.23. The van der Waals surface area contributed by atoms with Crippen LogP contribution < -0.4 is 0 Å². The van der Waals surface area contributed by atoms with Gasteiger partial charge < -0.3 is 0 Å². The van der Waals surface area contributed by atoms with Crippen LogP contribution in [0, 0.1) is 17.7 Å². The summed E-state index contributed by atoms with van der Waals surface area (Å²) < 4.78 is 14.3. The first-order chi connectivity index (χ1) is 12.7. The van der Waals surface area contributed by atoms with Crippen molar-refractivity contribution >= 4 is 23.2 Å². The standard InChI is InChI=1S/C22H23FN2S/c23-21-12-22(25-14-26)24-13-20(21)19-9-7-18(8-10-19)17-5-3-16(4-6-17)11-15-1-2-15/h7-10,12-13,15-17H,1-6,11H2. The molecule has 4 heteroatoms. The first kappa shape index (κ1) is 17.5. The van der Waals surface area contributed by atoms with E-state index in [-0.39, 0.29) is 11.6 Å². The van der Waals surface area contributed by atoms with Crippen LogP contribution in [0.3, 0.4) is 0 Å². The van der Waals surface area contributed by atoms with Gasteiger partial charge in [0, 0.05) is 17.8 Å². The zero-order valence-electron chi connectivity index (χ0n) is 14.8. The summed E-state index contributed by atoms with van der Waals surface area (Å²) >= 11 is 4.53. The van der Waals surface area contributed by atoms with E-state index in [0.717, 1.165) is 17.4 Å². The van der Waals surface area contributed by atoms with Gasteiger partial charge in [-0.1, -0.05) is 37.1 Å². The summed E-state index contributed by atoms with van der Waals surface area (Å²) in [7, 11) is 0. The quantitative estimate of drug-likeness (QED) is 0.435. The minimum absolute atomic E-state index is 0.251. The Balaban J connectivity index is 1.43. The van der Waals surface area contributed by atoms with Crippen LogP contribution in [0.15, 0.2) is 41.5 Å². The molecule has 1 aromatic carbocycles. The maximum atomic E-state index is 14.3. The largest absolute Gasteiger partial charge is 0.236 e. The number of isothiocyanates is 1. The lowest BCUT2D eigenvalue weighted by Crippen LogP contribution is -2.13. The minimum atomic E-state index is -0.336. The molecule has 0 saturated heterocycles. The lowest BCUT2D eigenvalue weighted by Gasteiger charge is -2.29. The SMILES string of the molecule is Fc1cc(N=C=S)ncc1-c1ccc(C2CCC(CC3CC3)CC2)cc1. The molecule has 26 heavy (non-hydrogen) atoms. The van der Waals surface area contributed by atoms with Crippen LogP contribution in [0.4, 0.5) is 10.2 Å². The highest BCUT2D eigenvalue weighted by Gasteiger charge is 2.29. The van der Waals surface area contributed by atoms with Gasteiger partial charge in [-0.25, -0.2) is 9.37 Å². The Hall–Kier alpha value is -1.90. The van der Waals surface area contributed by atoms with Crippen LogP contribution in [0.5, 0.6) is 0 Å². The van der Waals surface area contributed by atoms with E-state index in [0.29, 0.717) is 11.5 Å². The first-order valence-corrected chi connectivity index (χ1v) is 9.97. The van der Waals surface area contributed by atoms with Gasteiger partial charge in [0.25, 0.3) is 0 Å². The second-order valence-corrected chi connectivity index (χ2v) is 7.93. The molecular weight excluding hydrogens is 343 g/mol. The Morgan fingerprint density at radius 1 is 1.04 bits per heavy atom. The van der Waals surface area contributed by atoms with Crippen molar-refractivity contribution in [2.24, 2.45) is 16.8 Å². The Morgan fingerprint density at radius 2 is 1.69 bits per heavy atom. The minimum Gasteiger partial charge on any atom is -0.236 e. The van der Waals surface area contributed by atoms with Crippen molar-refractivity contribution in [1.82, 2.24) is 4.98 Å². The van der Waals surface area contributed by atoms with E-state index < -0.39 is 0 Å². The monoisotopic (exact) mass is 366 g/mol. The Morgan fingerprint density at radius 3 is 2.27 bits per heavy atom. The molecule has 1 heterocycles. The van der Waals surface area contributed by atoms with Crippen molar-refractivity contribution in [1.29, 1.82) is 0 Å². The third kappa shape index (κ3) is 4.08. The molecule has 0 N–H and O–H groups in total. The number of nitrogens with zero attached hydrogens (tertiary/aromatic N) is 2. The number of halogens is 1. The van der Waals surface area contributed by atoms with Gasteiger partial charge in [-0.15, -0.1) is 0 Å². The Bertz CT molecular complexity index is 815. The second kappa shape index (κ2) is 7.77. The highest BCUT2D eigenvalue weighted by molar-refractivity contribution is 7.78. The predicted molar refractivity (Wildman–Crippen MR) is 106 cm³/mol. The normalized spacial score (nSPS) is 22.7. The summed E-state index contributed by atoms with van der Waals surface area (Å²) in [6, 6.07) is 9.62. The van der Waals surface area contributed by atoms with Crippen LogP contribution in [-0.2, 0) is 0 Å². The number of aliphatic imine (C=N–C) groups is 1. The molecule has 2 saturated carbocycles. The smallest absolute Gasteiger partial charge is 0.165 e. The number of rotatable bonds is 5. The van der Waals surface area contributed by atoms with E-state index in [1.165, 1.54) is 62.8 Å². The van der Waals surface area contributed by atoms with Gasteiger partial charge in [-0.2, -0.15) is 4.99 Å². The number of benzene rings is 1. The molecular formula is C22H23FN2S. The van der Waals surface area contributed by atoms with Crippen molar-refractivity contribution < 1.29 is 4.39 Å². The van der Waals surface area contributed by atoms with Gasteiger partial charge in [0.05, 0.1) is 5.16 Å². The van der Waals surface area contributed by atoms with E-state index in [2.05, 4.69) is 39.5 Å². The molecule has 2 aromatic rings. The molecule has 2 aliphatic carbocycles. The molecule has 0 bridgehead atoms. The van der Waals surface area contributed by atoms with Crippen molar-refractivity contribution in [3.63, 3.8) is 0 Å². The van der Waals surface area contributed by atoms with Crippen molar-refractivity contribution in [3.05, 3.63) is 47.9 Å². The fourth-order valence-electron chi connectivity index (χ4n) is 4.23.